The van der Waals surface area contributed by atoms with Gasteiger partial charge in [-0.1, -0.05) is 17.7 Å². The molecule has 0 radical (unpaired) electrons. The van der Waals surface area contributed by atoms with Gasteiger partial charge >= 0.3 is 6.18 Å². The Kier molecular flexibility index (Phi) is 6.56. The molecule has 2 bridgehead atoms. The monoisotopic (exact) mass is 528 g/mol. The number of piperidine rings is 1. The predicted molar refractivity (Wildman–Crippen MR) is 111 cm³/mol. The number of hydrogen-bond donors (Lipinski definition) is 2. The van der Waals surface area contributed by atoms with Crippen molar-refractivity contribution in [3.05, 3.63) is 58.4 Å². The molecule has 0 saturated carbocycles. The van der Waals surface area contributed by atoms with Crippen LogP contribution < -0.4 is 5.32 Å². The fourth-order valence-corrected chi connectivity index (χ4v) is 7.07. The second-order valence-corrected chi connectivity index (χ2v) is 10.6. The third-order valence-electron chi connectivity index (χ3n) is 6.11. The van der Waals surface area contributed by atoms with Gasteiger partial charge in [-0.2, -0.15) is 17.5 Å². The molecule has 2 aliphatic heterocycles. The summed E-state index contributed by atoms with van der Waals surface area (Å²) in [5.74, 6) is -5.22. The van der Waals surface area contributed by atoms with Gasteiger partial charge in [0, 0.05) is 29.9 Å². The number of nitrogens with one attached hydrogen (secondary N) is 1. The molecule has 4 rings (SSSR count). The second-order valence-electron chi connectivity index (χ2n) is 8.41. The highest BCUT2D eigenvalue weighted by molar-refractivity contribution is 7.89. The average Bonchev–Trinajstić information content (AvgIpc) is 3.02. The molecule has 2 aromatic carbocycles. The highest BCUT2D eigenvalue weighted by Gasteiger charge is 2.48. The van der Waals surface area contributed by atoms with E-state index in [1.54, 1.807) is 0 Å². The molecular formula is C21H19ClF6N2O3S. The van der Waals surface area contributed by atoms with Crippen LogP contribution in [0.3, 0.4) is 0 Å². The first kappa shape index (κ1) is 25.1. The standard InChI is InChI=1S/C21H19ClF6N2O3S/c22-15-4-1-10(20(21(26,27)28)29-11-6-16(23)19(25)17(24)7-11)5-18(15)34(32,33)30-12-2-3-13(30)9-14(31)8-12/h1,4-7,12-14,20,29,31H,2-3,8-9H2/t12-,13?,14?,20?/m1/s1. The molecule has 0 spiro atoms. The van der Waals surface area contributed by atoms with E-state index in [9.17, 15) is 39.9 Å². The molecule has 2 aromatic rings. The average molecular weight is 529 g/mol. The van der Waals surface area contributed by atoms with Crippen LogP contribution in [-0.2, 0) is 10.0 Å². The van der Waals surface area contributed by atoms with Crippen LogP contribution in [0, 0.1) is 17.5 Å². The molecule has 4 atom stereocenters. The van der Waals surface area contributed by atoms with E-state index in [1.807, 2.05) is 5.32 Å². The Labute approximate surface area is 196 Å². The van der Waals surface area contributed by atoms with E-state index in [0.717, 1.165) is 18.2 Å². The third kappa shape index (κ3) is 4.60. The summed E-state index contributed by atoms with van der Waals surface area (Å²) in [7, 11) is -4.32. The zero-order valence-electron chi connectivity index (χ0n) is 17.3. The number of rotatable bonds is 5. The molecule has 2 N–H and O–H groups in total. The summed E-state index contributed by atoms with van der Waals surface area (Å²) in [5, 5.41) is 11.5. The molecule has 186 valence electrons. The lowest BCUT2D eigenvalue weighted by molar-refractivity contribution is -0.144. The molecule has 2 fully saturated rings. The fourth-order valence-electron chi connectivity index (χ4n) is 4.67. The van der Waals surface area contributed by atoms with Gasteiger partial charge in [-0.3, -0.25) is 0 Å². The number of aliphatic hydroxyl groups is 1. The number of aliphatic hydroxyl groups excluding tert-OH is 1. The number of hydrogen-bond acceptors (Lipinski definition) is 4. The van der Waals surface area contributed by atoms with Gasteiger partial charge < -0.3 is 10.4 Å². The SMILES string of the molecule is O=S(=O)(c1cc(C(Nc2cc(F)c(F)c(F)c2)C(F)(F)F)ccc1Cl)N1C2CC[C@@H]1CC(O)C2. The Morgan fingerprint density at radius 1 is 1.03 bits per heavy atom. The van der Waals surface area contributed by atoms with Crippen molar-refractivity contribution < 1.29 is 39.9 Å². The molecule has 2 heterocycles. The number of benzene rings is 2. The zero-order chi connectivity index (χ0) is 25.0. The Hall–Kier alpha value is -2.02. The normalized spacial score (nSPS) is 24.3. The van der Waals surface area contributed by atoms with Crippen LogP contribution in [0.25, 0.3) is 0 Å². The minimum Gasteiger partial charge on any atom is -0.393 e. The quantitative estimate of drug-likeness (QED) is 0.416. The molecule has 3 unspecified atom stereocenters. The van der Waals surface area contributed by atoms with Crippen LogP contribution >= 0.6 is 11.6 Å². The number of fused-ring (bicyclic) bond motifs is 2. The third-order valence-corrected chi connectivity index (χ3v) is 8.59. The first-order valence-corrected chi connectivity index (χ1v) is 12.1. The molecule has 2 aliphatic rings. The lowest BCUT2D eigenvalue weighted by Gasteiger charge is -2.36. The number of nitrogens with zero attached hydrogens (tertiary/aromatic N) is 1. The maximum Gasteiger partial charge on any atom is 0.412 e. The molecule has 2 saturated heterocycles. The van der Waals surface area contributed by atoms with Crippen LogP contribution in [0.2, 0.25) is 5.02 Å². The summed E-state index contributed by atoms with van der Waals surface area (Å²) in [5.41, 5.74) is -1.27. The number of halogens is 7. The zero-order valence-corrected chi connectivity index (χ0v) is 18.9. The van der Waals surface area contributed by atoms with Crippen molar-refractivity contribution in [1.82, 2.24) is 4.31 Å². The van der Waals surface area contributed by atoms with Gasteiger partial charge in [0.2, 0.25) is 10.0 Å². The van der Waals surface area contributed by atoms with Crippen LogP contribution in [0.4, 0.5) is 32.0 Å². The van der Waals surface area contributed by atoms with Gasteiger partial charge in [0.1, 0.15) is 10.9 Å². The van der Waals surface area contributed by atoms with Gasteiger partial charge in [0.05, 0.1) is 11.1 Å². The van der Waals surface area contributed by atoms with Crippen LogP contribution in [0.5, 0.6) is 0 Å². The first-order chi connectivity index (χ1) is 15.8. The van der Waals surface area contributed by atoms with E-state index in [2.05, 4.69) is 0 Å². The van der Waals surface area contributed by atoms with Gasteiger partial charge in [-0.25, -0.2) is 21.6 Å². The summed E-state index contributed by atoms with van der Waals surface area (Å²) in [4.78, 5) is -0.549. The number of alkyl halides is 3. The van der Waals surface area contributed by atoms with Crippen LogP contribution in [-0.4, -0.2) is 42.2 Å². The summed E-state index contributed by atoms with van der Waals surface area (Å²) in [6.07, 6.45) is -4.26. The lowest BCUT2D eigenvalue weighted by atomic mass is 10.0. The molecule has 34 heavy (non-hydrogen) atoms. The smallest absolute Gasteiger partial charge is 0.393 e. The Balaban J connectivity index is 1.73. The van der Waals surface area contributed by atoms with Crippen molar-refractivity contribution in [1.29, 1.82) is 0 Å². The van der Waals surface area contributed by atoms with Gasteiger partial charge in [-0.15, -0.1) is 0 Å². The molecule has 13 heteroatoms. The van der Waals surface area contributed by atoms with E-state index in [0.29, 0.717) is 25.0 Å². The van der Waals surface area contributed by atoms with Crippen molar-refractivity contribution >= 4 is 27.3 Å². The van der Waals surface area contributed by atoms with Crippen LogP contribution in [0.1, 0.15) is 37.3 Å². The second kappa shape index (κ2) is 8.89. The predicted octanol–water partition coefficient (Wildman–Crippen LogP) is 5.15. The lowest BCUT2D eigenvalue weighted by Crippen LogP contribution is -2.47. The minimum absolute atomic E-state index is 0.210. The minimum atomic E-state index is -5.02. The van der Waals surface area contributed by atoms with Crippen LogP contribution in [0.15, 0.2) is 35.2 Å². The molecular weight excluding hydrogens is 510 g/mol. The molecule has 0 aromatic heterocycles. The summed E-state index contributed by atoms with van der Waals surface area (Å²) >= 11 is 6.08. The molecule has 0 amide bonds. The topological polar surface area (TPSA) is 69.6 Å². The van der Waals surface area contributed by atoms with Crippen molar-refractivity contribution in [2.24, 2.45) is 0 Å². The van der Waals surface area contributed by atoms with Crippen molar-refractivity contribution in [2.75, 3.05) is 5.32 Å². The Morgan fingerprint density at radius 2 is 1.59 bits per heavy atom. The summed E-state index contributed by atoms with van der Waals surface area (Å²) in [6, 6.07) is -0.149. The van der Waals surface area contributed by atoms with Crippen molar-refractivity contribution in [3.8, 4) is 0 Å². The maximum absolute atomic E-state index is 13.9. The summed E-state index contributed by atoms with van der Waals surface area (Å²) in [6.45, 7) is 0. The van der Waals surface area contributed by atoms with E-state index in [4.69, 9.17) is 11.6 Å². The molecule has 5 nitrogen and oxygen atoms in total. The highest BCUT2D eigenvalue weighted by Crippen LogP contribution is 2.43. The van der Waals surface area contributed by atoms with E-state index < -0.39 is 74.0 Å². The van der Waals surface area contributed by atoms with Crippen molar-refractivity contribution in [3.63, 3.8) is 0 Å². The fraction of sp³-hybridized carbons (Fsp3) is 0.429. The first-order valence-electron chi connectivity index (χ1n) is 10.3. The van der Waals surface area contributed by atoms with Gasteiger partial charge in [-0.05, 0) is 43.4 Å². The van der Waals surface area contributed by atoms with E-state index >= 15 is 0 Å². The van der Waals surface area contributed by atoms with E-state index in [1.165, 1.54) is 4.31 Å². The van der Waals surface area contributed by atoms with Crippen molar-refractivity contribution in [2.45, 2.75) is 61.0 Å². The largest absolute Gasteiger partial charge is 0.412 e. The summed E-state index contributed by atoms with van der Waals surface area (Å²) < 4.78 is 110. The number of sulfonamides is 1. The highest BCUT2D eigenvalue weighted by atomic mass is 35.5. The van der Waals surface area contributed by atoms with Gasteiger partial charge in [0.15, 0.2) is 17.5 Å². The Morgan fingerprint density at radius 3 is 2.12 bits per heavy atom. The van der Waals surface area contributed by atoms with Gasteiger partial charge in [0.25, 0.3) is 0 Å². The van der Waals surface area contributed by atoms with E-state index in [-0.39, 0.29) is 17.9 Å². The number of anilines is 1. The maximum atomic E-state index is 13.9. The molecule has 0 aliphatic carbocycles. The Bertz CT molecular complexity index is 1170.